The number of benzene rings is 1. The second-order valence-corrected chi connectivity index (χ2v) is 4.75. The fourth-order valence-corrected chi connectivity index (χ4v) is 2.00. The summed E-state index contributed by atoms with van der Waals surface area (Å²) in [7, 11) is 0. The molecule has 1 saturated carbocycles. The molecule has 3 N–H and O–H groups in total. The minimum Gasteiger partial charge on any atom is -0.397 e. The predicted octanol–water partition coefficient (Wildman–Crippen LogP) is 3.54. The number of hydrogen-bond acceptors (Lipinski definition) is 2. The van der Waals surface area contributed by atoms with E-state index in [1.54, 1.807) is 0 Å². The average molecular weight is 240 g/mol. The van der Waals surface area contributed by atoms with E-state index in [2.05, 4.69) is 5.32 Å². The number of nitrogen functional groups attached to an aromatic ring is 1. The van der Waals surface area contributed by atoms with Gasteiger partial charge in [-0.25, -0.2) is 8.78 Å². The van der Waals surface area contributed by atoms with Crippen LogP contribution in [-0.4, -0.2) is 6.04 Å². The smallest absolute Gasteiger partial charge is 0.183 e. The standard InChI is InChI=1S/C13H18F2N2/c1-2-9(7-8-3-4-8)17-13-11(16)6-5-10(14)12(13)15/h5-6,8-9,17H,2-4,7,16H2,1H3. The lowest BCUT2D eigenvalue weighted by Crippen LogP contribution is -2.21. The van der Waals surface area contributed by atoms with Gasteiger partial charge in [-0.3, -0.25) is 0 Å². The molecule has 1 aliphatic rings. The molecule has 0 saturated heterocycles. The molecule has 2 rings (SSSR count). The highest BCUT2D eigenvalue weighted by molar-refractivity contribution is 5.67. The zero-order valence-electron chi connectivity index (χ0n) is 9.97. The zero-order chi connectivity index (χ0) is 12.4. The van der Waals surface area contributed by atoms with Gasteiger partial charge in [-0.2, -0.15) is 0 Å². The van der Waals surface area contributed by atoms with Crippen molar-refractivity contribution in [3.8, 4) is 0 Å². The first-order valence-electron chi connectivity index (χ1n) is 6.11. The van der Waals surface area contributed by atoms with E-state index in [9.17, 15) is 8.78 Å². The summed E-state index contributed by atoms with van der Waals surface area (Å²) < 4.78 is 26.7. The highest BCUT2D eigenvalue weighted by atomic mass is 19.2. The molecular weight excluding hydrogens is 222 g/mol. The Morgan fingerprint density at radius 2 is 2.12 bits per heavy atom. The van der Waals surface area contributed by atoms with Gasteiger partial charge in [-0.05, 0) is 30.9 Å². The third-order valence-electron chi connectivity index (χ3n) is 3.28. The van der Waals surface area contributed by atoms with Gasteiger partial charge in [0.1, 0.15) is 0 Å². The van der Waals surface area contributed by atoms with Crippen LogP contribution in [0.25, 0.3) is 0 Å². The summed E-state index contributed by atoms with van der Waals surface area (Å²) in [5, 5.41) is 3.04. The fourth-order valence-electron chi connectivity index (χ4n) is 2.00. The molecule has 0 amide bonds. The maximum absolute atomic E-state index is 13.6. The predicted molar refractivity (Wildman–Crippen MR) is 65.8 cm³/mol. The molecule has 0 spiro atoms. The van der Waals surface area contributed by atoms with Crippen molar-refractivity contribution >= 4 is 11.4 Å². The first kappa shape index (κ1) is 12.1. The SMILES string of the molecule is CCC(CC1CC1)Nc1c(N)ccc(F)c1F. The molecule has 1 aliphatic carbocycles. The maximum atomic E-state index is 13.6. The molecular formula is C13H18F2N2. The molecule has 1 unspecified atom stereocenters. The molecule has 1 atom stereocenters. The Morgan fingerprint density at radius 3 is 2.71 bits per heavy atom. The Balaban J connectivity index is 2.12. The number of rotatable bonds is 5. The van der Waals surface area contributed by atoms with Gasteiger partial charge < -0.3 is 11.1 Å². The molecule has 2 nitrogen and oxygen atoms in total. The maximum Gasteiger partial charge on any atom is 0.183 e. The molecule has 0 bridgehead atoms. The van der Waals surface area contributed by atoms with Crippen molar-refractivity contribution in [3.05, 3.63) is 23.8 Å². The number of hydrogen-bond donors (Lipinski definition) is 2. The van der Waals surface area contributed by atoms with Gasteiger partial charge in [0.15, 0.2) is 11.6 Å². The Kier molecular flexibility index (Phi) is 3.50. The number of nitrogens with two attached hydrogens (primary N) is 1. The first-order valence-corrected chi connectivity index (χ1v) is 6.11. The second kappa shape index (κ2) is 4.90. The summed E-state index contributed by atoms with van der Waals surface area (Å²) in [6.45, 7) is 2.04. The van der Waals surface area contributed by atoms with Crippen LogP contribution in [0.15, 0.2) is 12.1 Å². The molecule has 4 heteroatoms. The quantitative estimate of drug-likeness (QED) is 0.772. The second-order valence-electron chi connectivity index (χ2n) is 4.75. The van der Waals surface area contributed by atoms with E-state index in [0.717, 1.165) is 24.8 Å². The minimum absolute atomic E-state index is 0.109. The van der Waals surface area contributed by atoms with Gasteiger partial charge in [0.05, 0.1) is 11.4 Å². The molecule has 0 aromatic heterocycles. The first-order chi connectivity index (χ1) is 8.11. The molecule has 1 aromatic rings. The van der Waals surface area contributed by atoms with Crippen molar-refractivity contribution in [2.24, 2.45) is 5.92 Å². The fraction of sp³-hybridized carbons (Fsp3) is 0.538. The van der Waals surface area contributed by atoms with Crippen molar-refractivity contribution in [3.63, 3.8) is 0 Å². The highest BCUT2D eigenvalue weighted by Crippen LogP contribution is 2.35. The average Bonchev–Trinajstić information content (AvgIpc) is 3.12. The third-order valence-corrected chi connectivity index (χ3v) is 3.28. The lowest BCUT2D eigenvalue weighted by Gasteiger charge is -2.20. The van der Waals surface area contributed by atoms with Crippen LogP contribution < -0.4 is 11.1 Å². The summed E-state index contributed by atoms with van der Waals surface area (Å²) in [5.74, 6) is -0.993. The molecule has 17 heavy (non-hydrogen) atoms. The lowest BCUT2D eigenvalue weighted by atomic mass is 10.1. The lowest BCUT2D eigenvalue weighted by molar-refractivity contribution is 0.507. The van der Waals surface area contributed by atoms with Crippen LogP contribution in [0.4, 0.5) is 20.2 Å². The normalized spacial score (nSPS) is 16.9. The Morgan fingerprint density at radius 1 is 1.41 bits per heavy atom. The van der Waals surface area contributed by atoms with Gasteiger partial charge in [0.25, 0.3) is 0 Å². The summed E-state index contributed by atoms with van der Waals surface area (Å²) in [4.78, 5) is 0. The van der Waals surface area contributed by atoms with Crippen LogP contribution >= 0.6 is 0 Å². The molecule has 0 radical (unpaired) electrons. The minimum atomic E-state index is -0.876. The van der Waals surface area contributed by atoms with E-state index in [1.165, 1.54) is 18.9 Å². The summed E-state index contributed by atoms with van der Waals surface area (Å²) >= 11 is 0. The van der Waals surface area contributed by atoms with E-state index < -0.39 is 11.6 Å². The topological polar surface area (TPSA) is 38.0 Å². The Labute approximate surface area is 100 Å². The number of halogens is 2. The zero-order valence-corrected chi connectivity index (χ0v) is 9.97. The van der Waals surface area contributed by atoms with E-state index in [-0.39, 0.29) is 17.4 Å². The van der Waals surface area contributed by atoms with Gasteiger partial charge in [-0.1, -0.05) is 19.8 Å². The monoisotopic (exact) mass is 240 g/mol. The van der Waals surface area contributed by atoms with E-state index in [4.69, 9.17) is 5.73 Å². The molecule has 0 heterocycles. The van der Waals surface area contributed by atoms with Crippen LogP contribution in [0.1, 0.15) is 32.6 Å². The van der Waals surface area contributed by atoms with Crippen LogP contribution in [0.2, 0.25) is 0 Å². The van der Waals surface area contributed by atoms with Crippen molar-refractivity contribution in [2.45, 2.75) is 38.6 Å². The van der Waals surface area contributed by atoms with E-state index >= 15 is 0 Å². The van der Waals surface area contributed by atoms with Crippen LogP contribution in [0, 0.1) is 17.6 Å². The van der Waals surface area contributed by atoms with Gasteiger partial charge in [0, 0.05) is 6.04 Å². The summed E-state index contributed by atoms with van der Waals surface area (Å²) in [5.41, 5.74) is 6.04. The number of anilines is 2. The highest BCUT2D eigenvalue weighted by Gasteiger charge is 2.25. The van der Waals surface area contributed by atoms with Gasteiger partial charge in [-0.15, -0.1) is 0 Å². The third kappa shape index (κ3) is 2.87. The van der Waals surface area contributed by atoms with Crippen LogP contribution in [-0.2, 0) is 0 Å². The largest absolute Gasteiger partial charge is 0.397 e. The van der Waals surface area contributed by atoms with Crippen molar-refractivity contribution < 1.29 is 8.78 Å². The van der Waals surface area contributed by atoms with E-state index in [0.29, 0.717) is 0 Å². The van der Waals surface area contributed by atoms with Gasteiger partial charge >= 0.3 is 0 Å². The van der Waals surface area contributed by atoms with E-state index in [1.807, 2.05) is 6.92 Å². The van der Waals surface area contributed by atoms with Crippen molar-refractivity contribution in [1.29, 1.82) is 0 Å². The number of nitrogens with one attached hydrogen (secondary N) is 1. The van der Waals surface area contributed by atoms with Crippen LogP contribution in [0.5, 0.6) is 0 Å². The Hall–Kier alpha value is -1.32. The molecule has 94 valence electrons. The van der Waals surface area contributed by atoms with Gasteiger partial charge in [0.2, 0.25) is 0 Å². The Bertz CT molecular complexity index is 403. The molecule has 1 aromatic carbocycles. The van der Waals surface area contributed by atoms with Crippen LogP contribution in [0.3, 0.4) is 0 Å². The van der Waals surface area contributed by atoms with Crippen molar-refractivity contribution in [1.82, 2.24) is 0 Å². The molecule has 0 aliphatic heterocycles. The molecule has 1 fully saturated rings. The van der Waals surface area contributed by atoms with Crippen molar-refractivity contribution in [2.75, 3.05) is 11.1 Å². The summed E-state index contributed by atoms with van der Waals surface area (Å²) in [6.07, 6.45) is 4.39. The summed E-state index contributed by atoms with van der Waals surface area (Å²) in [6, 6.07) is 2.61.